The molecule has 2 heterocycles. The Kier molecular flexibility index (Phi) is 4.46. The highest BCUT2D eigenvalue weighted by Gasteiger charge is 2.12. The van der Waals surface area contributed by atoms with Crippen LogP contribution in [0.1, 0.15) is 19.0 Å². The average Bonchev–Trinajstić information content (AvgIpc) is 2.72. The maximum Gasteiger partial charge on any atom is 0.223 e. The zero-order valence-corrected chi connectivity index (χ0v) is 10.9. The lowest BCUT2D eigenvalue weighted by Gasteiger charge is -2.03. The first kappa shape index (κ1) is 13.2. The summed E-state index contributed by atoms with van der Waals surface area (Å²) in [6.07, 6.45) is 2.59. The number of aliphatic hydroxyl groups excluding tert-OH is 1. The Labute approximate surface area is 110 Å². The summed E-state index contributed by atoms with van der Waals surface area (Å²) in [6, 6.07) is 0. The largest absolute Gasteiger partial charge is 0.390 e. The van der Waals surface area contributed by atoms with Crippen molar-refractivity contribution in [2.24, 2.45) is 0 Å². The second-order valence-corrected chi connectivity index (χ2v) is 4.15. The van der Waals surface area contributed by atoms with Gasteiger partial charge in [0.25, 0.3) is 0 Å². The molecule has 18 heavy (non-hydrogen) atoms. The van der Waals surface area contributed by atoms with E-state index < -0.39 is 0 Å². The molecule has 2 aromatic rings. The third-order valence-electron chi connectivity index (χ3n) is 2.48. The quantitative estimate of drug-likeness (QED) is 0.634. The zero-order valence-electron chi connectivity index (χ0n) is 10.1. The van der Waals surface area contributed by atoms with Gasteiger partial charge in [0.15, 0.2) is 0 Å². The van der Waals surface area contributed by atoms with E-state index in [2.05, 4.69) is 22.0 Å². The smallest absolute Gasteiger partial charge is 0.223 e. The molecule has 0 atom stereocenters. The van der Waals surface area contributed by atoms with Gasteiger partial charge in [-0.25, -0.2) is 9.97 Å². The van der Waals surface area contributed by atoms with E-state index in [1.807, 2.05) is 0 Å². The maximum atomic E-state index is 9.24. The van der Waals surface area contributed by atoms with E-state index in [9.17, 15) is 5.11 Å². The molecule has 0 aromatic carbocycles. The minimum Gasteiger partial charge on any atom is -0.390 e. The predicted molar refractivity (Wildman–Crippen MR) is 67.4 cm³/mol. The van der Waals surface area contributed by atoms with Crippen molar-refractivity contribution in [3.8, 4) is 0 Å². The summed E-state index contributed by atoms with van der Waals surface area (Å²) in [6.45, 7) is 3.78. The standard InChI is InChI=1S/C11H15ClN4O2/c1-2-4-18-5-3-16-9-6-13-11(12)14-10(9)8(7-17)15-16/h6,17H,2-5,7H2,1H3. The molecule has 0 aliphatic rings. The number of ether oxygens (including phenoxy) is 1. The van der Waals surface area contributed by atoms with Gasteiger partial charge in [0.05, 0.1) is 26.0 Å². The van der Waals surface area contributed by atoms with Crippen LogP contribution in [0.3, 0.4) is 0 Å². The summed E-state index contributed by atoms with van der Waals surface area (Å²) in [7, 11) is 0. The van der Waals surface area contributed by atoms with E-state index in [0.717, 1.165) is 18.5 Å². The minimum atomic E-state index is -0.174. The van der Waals surface area contributed by atoms with Gasteiger partial charge < -0.3 is 9.84 Å². The summed E-state index contributed by atoms with van der Waals surface area (Å²) in [5.74, 6) is 0. The topological polar surface area (TPSA) is 73.1 Å². The summed E-state index contributed by atoms with van der Waals surface area (Å²) in [5, 5.41) is 13.7. The van der Waals surface area contributed by atoms with Crippen molar-refractivity contribution in [2.75, 3.05) is 13.2 Å². The number of aromatic nitrogens is 4. The number of rotatable bonds is 6. The van der Waals surface area contributed by atoms with Crippen LogP contribution >= 0.6 is 11.6 Å². The highest BCUT2D eigenvalue weighted by Crippen LogP contribution is 2.17. The molecule has 7 heteroatoms. The van der Waals surface area contributed by atoms with Crippen LogP contribution < -0.4 is 0 Å². The van der Waals surface area contributed by atoms with Gasteiger partial charge in [-0.1, -0.05) is 6.92 Å². The highest BCUT2D eigenvalue weighted by atomic mass is 35.5. The summed E-state index contributed by atoms with van der Waals surface area (Å²) in [5.41, 5.74) is 1.85. The molecule has 0 unspecified atom stereocenters. The van der Waals surface area contributed by atoms with Crippen LogP contribution in [-0.2, 0) is 17.9 Å². The normalized spacial score (nSPS) is 11.3. The Morgan fingerprint density at radius 3 is 3.00 bits per heavy atom. The molecular formula is C11H15ClN4O2. The number of fused-ring (bicyclic) bond motifs is 1. The van der Waals surface area contributed by atoms with Crippen LogP contribution in [-0.4, -0.2) is 38.1 Å². The van der Waals surface area contributed by atoms with Gasteiger partial charge in [0, 0.05) is 6.61 Å². The fourth-order valence-electron chi connectivity index (χ4n) is 1.68. The lowest BCUT2D eigenvalue weighted by Crippen LogP contribution is -2.08. The summed E-state index contributed by atoms with van der Waals surface area (Å²) < 4.78 is 7.14. The van der Waals surface area contributed by atoms with Gasteiger partial charge in [-0.3, -0.25) is 4.68 Å². The van der Waals surface area contributed by atoms with Crippen molar-refractivity contribution < 1.29 is 9.84 Å². The van der Waals surface area contributed by atoms with Crippen LogP contribution in [0.4, 0.5) is 0 Å². The molecule has 1 N–H and O–H groups in total. The molecule has 98 valence electrons. The van der Waals surface area contributed by atoms with Crippen LogP contribution in [0.25, 0.3) is 11.0 Å². The predicted octanol–water partition coefficient (Wildman–Crippen LogP) is 1.40. The molecule has 0 saturated carbocycles. The van der Waals surface area contributed by atoms with E-state index in [0.29, 0.717) is 24.4 Å². The SMILES string of the molecule is CCCOCCn1nc(CO)c2nc(Cl)ncc21. The van der Waals surface area contributed by atoms with Gasteiger partial charge >= 0.3 is 0 Å². The summed E-state index contributed by atoms with van der Waals surface area (Å²) in [4.78, 5) is 8.01. The zero-order chi connectivity index (χ0) is 13.0. The van der Waals surface area contributed by atoms with E-state index in [4.69, 9.17) is 16.3 Å². The third kappa shape index (κ3) is 2.77. The maximum absolute atomic E-state index is 9.24. The van der Waals surface area contributed by atoms with Gasteiger partial charge in [0.2, 0.25) is 5.28 Å². The number of hydrogen-bond acceptors (Lipinski definition) is 5. The number of hydrogen-bond donors (Lipinski definition) is 1. The molecule has 6 nitrogen and oxygen atoms in total. The Hall–Kier alpha value is -1.24. The van der Waals surface area contributed by atoms with Crippen LogP contribution in [0.5, 0.6) is 0 Å². The Bertz CT molecular complexity index is 529. The molecule has 0 saturated heterocycles. The van der Waals surface area contributed by atoms with E-state index >= 15 is 0 Å². The molecule has 0 aliphatic heterocycles. The molecule has 2 aromatic heterocycles. The first-order valence-corrected chi connectivity index (χ1v) is 6.20. The summed E-state index contributed by atoms with van der Waals surface area (Å²) >= 11 is 5.74. The molecule has 0 spiro atoms. The van der Waals surface area contributed by atoms with Crippen LogP contribution in [0.15, 0.2) is 6.20 Å². The number of aliphatic hydroxyl groups is 1. The Balaban J connectivity index is 2.22. The monoisotopic (exact) mass is 270 g/mol. The van der Waals surface area contributed by atoms with Gasteiger partial charge in [-0.2, -0.15) is 5.10 Å². The van der Waals surface area contributed by atoms with Crippen LogP contribution in [0, 0.1) is 0 Å². The lowest BCUT2D eigenvalue weighted by atomic mass is 10.3. The second kappa shape index (κ2) is 6.08. The van der Waals surface area contributed by atoms with Crippen molar-refractivity contribution in [1.82, 2.24) is 19.7 Å². The fraction of sp³-hybridized carbons (Fsp3) is 0.545. The molecule has 0 fully saturated rings. The van der Waals surface area contributed by atoms with Gasteiger partial charge in [-0.15, -0.1) is 0 Å². The molecular weight excluding hydrogens is 256 g/mol. The Morgan fingerprint density at radius 1 is 1.44 bits per heavy atom. The number of halogens is 1. The molecule has 0 amide bonds. The van der Waals surface area contributed by atoms with Crippen molar-refractivity contribution in [1.29, 1.82) is 0 Å². The Morgan fingerprint density at radius 2 is 2.28 bits per heavy atom. The number of nitrogens with zero attached hydrogens (tertiary/aromatic N) is 4. The molecule has 0 bridgehead atoms. The third-order valence-corrected chi connectivity index (χ3v) is 2.66. The van der Waals surface area contributed by atoms with Gasteiger partial charge in [-0.05, 0) is 18.0 Å². The van der Waals surface area contributed by atoms with Crippen molar-refractivity contribution in [3.63, 3.8) is 0 Å². The van der Waals surface area contributed by atoms with E-state index in [1.165, 1.54) is 0 Å². The van der Waals surface area contributed by atoms with Crippen molar-refractivity contribution in [3.05, 3.63) is 17.2 Å². The van der Waals surface area contributed by atoms with E-state index in [1.54, 1.807) is 10.9 Å². The average molecular weight is 271 g/mol. The van der Waals surface area contributed by atoms with Crippen molar-refractivity contribution >= 4 is 22.6 Å². The van der Waals surface area contributed by atoms with Crippen LogP contribution in [0.2, 0.25) is 5.28 Å². The van der Waals surface area contributed by atoms with Crippen molar-refractivity contribution in [2.45, 2.75) is 26.5 Å². The molecule has 0 radical (unpaired) electrons. The first-order chi connectivity index (χ1) is 8.76. The fourth-order valence-corrected chi connectivity index (χ4v) is 1.81. The lowest BCUT2D eigenvalue weighted by molar-refractivity contribution is 0.125. The highest BCUT2D eigenvalue weighted by molar-refractivity contribution is 6.28. The minimum absolute atomic E-state index is 0.152. The van der Waals surface area contributed by atoms with Gasteiger partial charge in [0.1, 0.15) is 16.7 Å². The van der Waals surface area contributed by atoms with E-state index in [-0.39, 0.29) is 11.9 Å². The second-order valence-electron chi connectivity index (χ2n) is 3.81. The first-order valence-electron chi connectivity index (χ1n) is 5.82. The molecule has 2 rings (SSSR count). The molecule has 0 aliphatic carbocycles.